The van der Waals surface area contributed by atoms with Crippen LogP contribution in [0.25, 0.3) is 0 Å². The number of hydrogen-bond donors (Lipinski definition) is 1. The predicted molar refractivity (Wildman–Crippen MR) is 94.5 cm³/mol. The molecule has 114 valence electrons. The van der Waals surface area contributed by atoms with Gasteiger partial charge < -0.3 is 10.2 Å². The molecule has 0 aromatic carbocycles. The fourth-order valence-electron chi connectivity index (χ4n) is 2.09. The number of aliphatic imine (C=N–C) groups is 1. The normalized spacial score (nSPS) is 13.2. The van der Waals surface area contributed by atoms with Gasteiger partial charge in [-0.25, -0.2) is 0 Å². The minimum Gasteiger partial charge on any atom is -0.357 e. The van der Waals surface area contributed by atoms with E-state index < -0.39 is 0 Å². The van der Waals surface area contributed by atoms with Crippen LogP contribution in [0.15, 0.2) is 38.6 Å². The fraction of sp³-hybridized carbons (Fsp3) is 0.438. The number of nitrogens with one attached hydrogen (secondary N) is 1. The van der Waals surface area contributed by atoms with Gasteiger partial charge in [0.15, 0.2) is 5.96 Å². The smallest absolute Gasteiger partial charge is 0.193 e. The first-order valence-electron chi connectivity index (χ1n) is 7.23. The quantitative estimate of drug-likeness (QED) is 0.643. The molecule has 21 heavy (non-hydrogen) atoms. The van der Waals surface area contributed by atoms with Crippen LogP contribution in [0.3, 0.4) is 0 Å². The Morgan fingerprint density at radius 2 is 2.05 bits per heavy atom. The Morgan fingerprint density at radius 1 is 1.29 bits per heavy atom. The van der Waals surface area contributed by atoms with Crippen molar-refractivity contribution in [3.05, 3.63) is 44.8 Å². The molecule has 2 aromatic rings. The maximum Gasteiger partial charge on any atom is 0.193 e. The monoisotopic (exact) mass is 321 g/mol. The first-order valence-corrected chi connectivity index (χ1v) is 9.12. The molecule has 1 atom stereocenters. The molecule has 0 amide bonds. The van der Waals surface area contributed by atoms with Crippen molar-refractivity contribution in [2.45, 2.75) is 26.3 Å². The Hall–Kier alpha value is -1.33. The number of hydrogen-bond acceptors (Lipinski definition) is 3. The summed E-state index contributed by atoms with van der Waals surface area (Å²) < 4.78 is 0. The zero-order valence-corrected chi connectivity index (χ0v) is 14.5. The highest BCUT2D eigenvalue weighted by Crippen LogP contribution is 2.18. The summed E-state index contributed by atoms with van der Waals surface area (Å²) >= 11 is 3.49. The summed E-state index contributed by atoms with van der Waals surface area (Å²) in [6.45, 7) is 6.93. The van der Waals surface area contributed by atoms with Gasteiger partial charge in [-0.2, -0.15) is 22.7 Å². The van der Waals surface area contributed by atoms with Crippen LogP contribution in [-0.4, -0.2) is 31.0 Å². The standard InChI is InChI=1S/C16H23N3S2/c1-4-17-16(19(3)10-14-5-7-20-11-14)18-9-13(2)15-6-8-21-12-15/h5-8,11-13H,4,9-10H2,1-3H3,(H,17,18). The second-order valence-corrected chi connectivity index (χ2v) is 6.70. The lowest BCUT2D eigenvalue weighted by molar-refractivity contribution is 0.476. The Kier molecular flexibility index (Phi) is 6.26. The van der Waals surface area contributed by atoms with Gasteiger partial charge >= 0.3 is 0 Å². The topological polar surface area (TPSA) is 27.6 Å². The largest absolute Gasteiger partial charge is 0.357 e. The fourth-order valence-corrected chi connectivity index (χ4v) is 3.53. The van der Waals surface area contributed by atoms with E-state index in [4.69, 9.17) is 4.99 Å². The Balaban J connectivity index is 1.98. The molecule has 0 saturated heterocycles. The van der Waals surface area contributed by atoms with Crippen molar-refractivity contribution in [1.82, 2.24) is 10.2 Å². The van der Waals surface area contributed by atoms with Crippen LogP contribution in [0, 0.1) is 0 Å². The van der Waals surface area contributed by atoms with Crippen molar-refractivity contribution in [2.75, 3.05) is 20.1 Å². The average molecular weight is 322 g/mol. The summed E-state index contributed by atoms with van der Waals surface area (Å²) in [6, 6.07) is 4.35. The summed E-state index contributed by atoms with van der Waals surface area (Å²) in [7, 11) is 2.09. The molecule has 0 aliphatic heterocycles. The summed E-state index contributed by atoms with van der Waals surface area (Å²) in [6.07, 6.45) is 0. The molecule has 0 aliphatic rings. The van der Waals surface area contributed by atoms with E-state index in [-0.39, 0.29) is 0 Å². The van der Waals surface area contributed by atoms with E-state index in [2.05, 4.69) is 64.8 Å². The third-order valence-corrected chi connectivity index (χ3v) is 4.76. The van der Waals surface area contributed by atoms with Gasteiger partial charge in [0, 0.05) is 32.6 Å². The minimum absolute atomic E-state index is 0.458. The maximum atomic E-state index is 4.79. The zero-order valence-electron chi connectivity index (χ0n) is 12.9. The van der Waals surface area contributed by atoms with Crippen molar-refractivity contribution in [3.63, 3.8) is 0 Å². The number of guanidine groups is 1. The first kappa shape index (κ1) is 16.0. The van der Waals surface area contributed by atoms with E-state index in [9.17, 15) is 0 Å². The van der Waals surface area contributed by atoms with Gasteiger partial charge in [-0.15, -0.1) is 0 Å². The van der Waals surface area contributed by atoms with Crippen LogP contribution in [0.5, 0.6) is 0 Å². The van der Waals surface area contributed by atoms with Crippen molar-refractivity contribution in [1.29, 1.82) is 0 Å². The number of rotatable bonds is 6. The van der Waals surface area contributed by atoms with E-state index in [1.807, 2.05) is 0 Å². The van der Waals surface area contributed by atoms with Crippen LogP contribution >= 0.6 is 22.7 Å². The van der Waals surface area contributed by atoms with Gasteiger partial charge in [0.25, 0.3) is 0 Å². The summed E-state index contributed by atoms with van der Waals surface area (Å²) in [5.41, 5.74) is 2.71. The van der Waals surface area contributed by atoms with E-state index in [0.717, 1.165) is 25.6 Å². The molecule has 2 aromatic heterocycles. The maximum absolute atomic E-state index is 4.79. The molecule has 1 N–H and O–H groups in total. The highest BCUT2D eigenvalue weighted by molar-refractivity contribution is 7.08. The highest BCUT2D eigenvalue weighted by atomic mass is 32.1. The molecule has 0 fully saturated rings. The molecule has 2 rings (SSSR count). The molecule has 0 radical (unpaired) electrons. The SMILES string of the molecule is CCNC(=NCC(C)c1ccsc1)N(C)Cc1ccsc1. The van der Waals surface area contributed by atoms with E-state index in [1.54, 1.807) is 22.7 Å². The van der Waals surface area contributed by atoms with Crippen LogP contribution < -0.4 is 5.32 Å². The van der Waals surface area contributed by atoms with Gasteiger partial charge in [0.2, 0.25) is 0 Å². The summed E-state index contributed by atoms with van der Waals surface area (Å²) in [5.74, 6) is 1.44. The van der Waals surface area contributed by atoms with Crippen LogP contribution in [0.1, 0.15) is 30.9 Å². The van der Waals surface area contributed by atoms with Crippen molar-refractivity contribution in [3.8, 4) is 0 Å². The molecule has 3 nitrogen and oxygen atoms in total. The molecule has 5 heteroatoms. The molecule has 0 spiro atoms. The van der Waals surface area contributed by atoms with Gasteiger partial charge in [0.1, 0.15) is 0 Å². The Labute approximate surface area is 135 Å². The molecular weight excluding hydrogens is 298 g/mol. The third kappa shape index (κ3) is 4.86. The lowest BCUT2D eigenvalue weighted by atomic mass is 10.1. The molecule has 0 aliphatic carbocycles. The van der Waals surface area contributed by atoms with Crippen molar-refractivity contribution < 1.29 is 0 Å². The second-order valence-electron chi connectivity index (χ2n) is 5.14. The number of nitrogens with zero attached hydrogens (tertiary/aromatic N) is 2. The molecule has 2 heterocycles. The number of thiophene rings is 2. The van der Waals surface area contributed by atoms with Gasteiger partial charge in [-0.3, -0.25) is 4.99 Å². The van der Waals surface area contributed by atoms with Crippen LogP contribution in [-0.2, 0) is 6.54 Å². The Morgan fingerprint density at radius 3 is 2.67 bits per heavy atom. The van der Waals surface area contributed by atoms with E-state index in [1.165, 1.54) is 11.1 Å². The summed E-state index contributed by atoms with van der Waals surface area (Å²) in [5, 5.41) is 12.0. The van der Waals surface area contributed by atoms with Gasteiger partial charge in [-0.1, -0.05) is 6.92 Å². The van der Waals surface area contributed by atoms with Crippen LogP contribution in [0.2, 0.25) is 0 Å². The predicted octanol–water partition coefficient (Wildman–Crippen LogP) is 4.01. The molecule has 0 bridgehead atoms. The lowest BCUT2D eigenvalue weighted by Crippen LogP contribution is -2.38. The minimum atomic E-state index is 0.458. The van der Waals surface area contributed by atoms with E-state index >= 15 is 0 Å². The van der Waals surface area contributed by atoms with Gasteiger partial charge in [0.05, 0.1) is 0 Å². The van der Waals surface area contributed by atoms with Gasteiger partial charge in [-0.05, 0) is 51.7 Å². The third-order valence-electron chi connectivity index (χ3n) is 3.32. The zero-order chi connectivity index (χ0) is 15.1. The first-order chi connectivity index (χ1) is 10.2. The highest BCUT2D eigenvalue weighted by Gasteiger charge is 2.09. The molecule has 1 unspecified atom stereocenters. The van der Waals surface area contributed by atoms with E-state index in [0.29, 0.717) is 5.92 Å². The Bertz CT molecular complexity index is 532. The lowest BCUT2D eigenvalue weighted by Gasteiger charge is -2.22. The van der Waals surface area contributed by atoms with Crippen molar-refractivity contribution >= 4 is 28.6 Å². The average Bonchev–Trinajstić information content (AvgIpc) is 3.15. The van der Waals surface area contributed by atoms with Crippen LogP contribution in [0.4, 0.5) is 0 Å². The summed E-state index contributed by atoms with van der Waals surface area (Å²) in [4.78, 5) is 6.98. The molecular formula is C16H23N3S2. The van der Waals surface area contributed by atoms with Crippen molar-refractivity contribution in [2.24, 2.45) is 4.99 Å². The molecule has 0 saturated carbocycles. The second kappa shape index (κ2) is 8.20.